The van der Waals surface area contributed by atoms with E-state index in [1.165, 1.54) is 11.3 Å². The first-order chi connectivity index (χ1) is 13.4. The molecule has 3 rings (SSSR count). The fourth-order valence-corrected chi connectivity index (χ4v) is 4.58. The Labute approximate surface area is 165 Å². The quantitative estimate of drug-likeness (QED) is 0.507. The number of rotatable bonds is 7. The molecule has 28 heavy (non-hydrogen) atoms. The molecule has 0 aromatic carbocycles. The molecule has 4 amide bonds. The summed E-state index contributed by atoms with van der Waals surface area (Å²) in [6, 6.07) is -0.219. The van der Waals surface area contributed by atoms with Gasteiger partial charge >= 0.3 is 12.0 Å². The van der Waals surface area contributed by atoms with E-state index in [9.17, 15) is 19.2 Å². The number of ether oxygens (including phenoxy) is 1. The fraction of sp³-hybridized carbons (Fsp3) is 0.800. The van der Waals surface area contributed by atoms with Gasteiger partial charge in [-0.05, 0) is 38.0 Å². The van der Waals surface area contributed by atoms with Gasteiger partial charge in [-0.25, -0.2) is 4.79 Å². The first kappa shape index (κ1) is 20.6. The second kappa shape index (κ2) is 8.92. The molecule has 1 aliphatic heterocycles. The van der Waals surface area contributed by atoms with Crippen LogP contribution in [-0.4, -0.2) is 53.4 Å². The number of urea groups is 1. The van der Waals surface area contributed by atoms with Gasteiger partial charge in [0.25, 0.3) is 11.8 Å². The number of carbonyl (C=O) groups excluding carboxylic acids is 4. The molecule has 0 unspecified atom stereocenters. The Morgan fingerprint density at radius 3 is 2.61 bits per heavy atom. The maximum Gasteiger partial charge on any atom is 0.325 e. The maximum absolute atomic E-state index is 12.5. The van der Waals surface area contributed by atoms with Crippen molar-refractivity contribution >= 4 is 23.8 Å². The van der Waals surface area contributed by atoms with Gasteiger partial charge in [0.2, 0.25) is 0 Å². The summed E-state index contributed by atoms with van der Waals surface area (Å²) in [5, 5.41) is 5.76. The monoisotopic (exact) mass is 393 g/mol. The topological polar surface area (TPSA) is 105 Å². The fourth-order valence-electron chi connectivity index (χ4n) is 4.58. The molecule has 1 spiro atoms. The van der Waals surface area contributed by atoms with E-state index in [0.717, 1.165) is 32.1 Å². The van der Waals surface area contributed by atoms with E-state index in [1.807, 2.05) is 0 Å². The molecule has 156 valence electrons. The SMILES string of the molecule is C[C@H]1CCCC[C@H]1NC(=O)COC(=O)CCCN1C(=O)NC2(CCCC2)C1=O. The third-order valence-corrected chi connectivity index (χ3v) is 6.29. The Kier molecular flexibility index (Phi) is 6.57. The minimum absolute atomic E-state index is 0.0666. The van der Waals surface area contributed by atoms with Crippen molar-refractivity contribution in [1.82, 2.24) is 15.5 Å². The Balaban J connectivity index is 1.34. The second-order valence-corrected chi connectivity index (χ2v) is 8.38. The molecular weight excluding hydrogens is 362 g/mol. The highest BCUT2D eigenvalue weighted by Crippen LogP contribution is 2.35. The van der Waals surface area contributed by atoms with Crippen molar-refractivity contribution in [1.29, 1.82) is 0 Å². The van der Waals surface area contributed by atoms with Crippen molar-refractivity contribution in [2.24, 2.45) is 5.92 Å². The van der Waals surface area contributed by atoms with E-state index >= 15 is 0 Å². The lowest BCUT2D eigenvalue weighted by Gasteiger charge is -2.29. The van der Waals surface area contributed by atoms with Crippen molar-refractivity contribution in [3.63, 3.8) is 0 Å². The van der Waals surface area contributed by atoms with Crippen LogP contribution in [0.4, 0.5) is 4.79 Å². The first-order valence-electron chi connectivity index (χ1n) is 10.5. The van der Waals surface area contributed by atoms with Crippen LogP contribution in [0.2, 0.25) is 0 Å². The van der Waals surface area contributed by atoms with Crippen LogP contribution in [0.25, 0.3) is 0 Å². The van der Waals surface area contributed by atoms with E-state index in [4.69, 9.17) is 4.74 Å². The Bertz CT molecular complexity index is 629. The van der Waals surface area contributed by atoms with Gasteiger partial charge in [-0.1, -0.05) is 32.6 Å². The zero-order chi connectivity index (χ0) is 20.1. The average Bonchev–Trinajstić information content (AvgIpc) is 3.22. The van der Waals surface area contributed by atoms with Crippen molar-refractivity contribution < 1.29 is 23.9 Å². The predicted octanol–water partition coefficient (Wildman–Crippen LogP) is 1.87. The third-order valence-electron chi connectivity index (χ3n) is 6.29. The molecule has 1 saturated heterocycles. The van der Waals surface area contributed by atoms with Crippen molar-refractivity contribution in [3.05, 3.63) is 0 Å². The highest BCUT2D eigenvalue weighted by molar-refractivity contribution is 6.07. The van der Waals surface area contributed by atoms with Crippen LogP contribution in [0.3, 0.4) is 0 Å². The molecule has 0 bridgehead atoms. The van der Waals surface area contributed by atoms with Gasteiger partial charge in [-0.2, -0.15) is 0 Å². The molecule has 8 nitrogen and oxygen atoms in total. The number of hydrogen-bond donors (Lipinski definition) is 2. The van der Waals surface area contributed by atoms with Crippen LogP contribution in [0, 0.1) is 5.92 Å². The molecule has 1 heterocycles. The highest BCUT2D eigenvalue weighted by Gasteiger charge is 2.52. The van der Waals surface area contributed by atoms with Crippen LogP contribution in [0.1, 0.15) is 71.1 Å². The molecule has 2 aliphatic carbocycles. The number of nitrogens with zero attached hydrogens (tertiary/aromatic N) is 1. The Morgan fingerprint density at radius 2 is 1.89 bits per heavy atom. The van der Waals surface area contributed by atoms with E-state index in [0.29, 0.717) is 25.2 Å². The summed E-state index contributed by atoms with van der Waals surface area (Å²) < 4.78 is 5.04. The molecule has 0 aromatic rings. The Morgan fingerprint density at radius 1 is 1.18 bits per heavy atom. The minimum Gasteiger partial charge on any atom is -0.456 e. The van der Waals surface area contributed by atoms with Crippen LogP contribution in [-0.2, 0) is 19.1 Å². The zero-order valence-electron chi connectivity index (χ0n) is 16.6. The second-order valence-electron chi connectivity index (χ2n) is 8.38. The summed E-state index contributed by atoms with van der Waals surface area (Å²) in [6.45, 7) is 2.03. The summed E-state index contributed by atoms with van der Waals surface area (Å²) in [6.07, 6.45) is 8.02. The third kappa shape index (κ3) is 4.64. The predicted molar refractivity (Wildman–Crippen MR) is 101 cm³/mol. The highest BCUT2D eigenvalue weighted by atomic mass is 16.5. The van der Waals surface area contributed by atoms with Gasteiger partial charge < -0.3 is 15.4 Å². The molecule has 0 radical (unpaired) electrons. The molecule has 8 heteroatoms. The molecule has 0 aromatic heterocycles. The van der Waals surface area contributed by atoms with Crippen molar-refractivity contribution in [3.8, 4) is 0 Å². The number of esters is 1. The van der Waals surface area contributed by atoms with E-state index < -0.39 is 11.5 Å². The zero-order valence-corrected chi connectivity index (χ0v) is 16.6. The van der Waals surface area contributed by atoms with Crippen LogP contribution in [0.5, 0.6) is 0 Å². The van der Waals surface area contributed by atoms with E-state index in [2.05, 4.69) is 17.6 Å². The number of amides is 4. The molecule has 2 saturated carbocycles. The van der Waals surface area contributed by atoms with Crippen molar-refractivity contribution in [2.75, 3.05) is 13.2 Å². The minimum atomic E-state index is -0.716. The van der Waals surface area contributed by atoms with Gasteiger partial charge in [0.05, 0.1) is 0 Å². The van der Waals surface area contributed by atoms with Gasteiger partial charge in [-0.15, -0.1) is 0 Å². The average molecular weight is 393 g/mol. The van der Waals surface area contributed by atoms with Gasteiger partial charge in [-0.3, -0.25) is 19.3 Å². The summed E-state index contributed by atoms with van der Waals surface area (Å²) in [4.78, 5) is 49.7. The number of nitrogens with one attached hydrogen (secondary N) is 2. The van der Waals surface area contributed by atoms with E-state index in [1.54, 1.807) is 0 Å². The largest absolute Gasteiger partial charge is 0.456 e. The number of imide groups is 1. The molecule has 3 aliphatic rings. The Hall–Kier alpha value is -2.12. The smallest absolute Gasteiger partial charge is 0.325 e. The maximum atomic E-state index is 12.5. The van der Waals surface area contributed by atoms with Crippen LogP contribution in [0.15, 0.2) is 0 Å². The summed E-state index contributed by atoms with van der Waals surface area (Å²) >= 11 is 0. The van der Waals surface area contributed by atoms with Gasteiger partial charge in [0.1, 0.15) is 5.54 Å². The summed E-state index contributed by atoms with van der Waals surface area (Å²) in [5.74, 6) is -0.496. The lowest BCUT2D eigenvalue weighted by atomic mass is 9.86. The van der Waals surface area contributed by atoms with Crippen LogP contribution < -0.4 is 10.6 Å². The lowest BCUT2D eigenvalue weighted by Crippen LogP contribution is -2.44. The lowest BCUT2D eigenvalue weighted by molar-refractivity contribution is -0.149. The standard InChI is InChI=1S/C20H31N3O5/c1-14-7-2-3-8-15(14)21-16(24)13-28-17(25)9-6-12-23-18(26)20(22-19(23)27)10-4-5-11-20/h14-15H,2-13H2,1H3,(H,21,24)(H,22,27)/t14-,15+/m0/s1. The number of hydrogen-bond acceptors (Lipinski definition) is 5. The summed E-state index contributed by atoms with van der Waals surface area (Å²) in [7, 11) is 0. The number of carbonyl (C=O) groups is 4. The van der Waals surface area contributed by atoms with E-state index in [-0.39, 0.29) is 43.5 Å². The normalized spacial score (nSPS) is 26.4. The van der Waals surface area contributed by atoms with Gasteiger partial charge in [0, 0.05) is 19.0 Å². The van der Waals surface area contributed by atoms with Gasteiger partial charge in [0.15, 0.2) is 6.61 Å². The molecule has 2 N–H and O–H groups in total. The molecule has 2 atom stereocenters. The molecule has 3 fully saturated rings. The van der Waals surface area contributed by atoms with Crippen molar-refractivity contribution in [2.45, 2.75) is 82.7 Å². The first-order valence-corrected chi connectivity index (χ1v) is 10.5. The molecular formula is C20H31N3O5. The summed E-state index contributed by atoms with van der Waals surface area (Å²) in [5.41, 5.74) is -0.716. The van der Waals surface area contributed by atoms with Crippen LogP contribution >= 0.6 is 0 Å².